The lowest BCUT2D eigenvalue weighted by atomic mass is 9.94. The smallest absolute Gasteiger partial charge is 0.217 e. The molecule has 1 aliphatic heterocycles. The third kappa shape index (κ3) is 3.51. The first-order valence-electron chi connectivity index (χ1n) is 9.72. The van der Waals surface area contributed by atoms with Gasteiger partial charge in [0.25, 0.3) is 0 Å². The minimum atomic E-state index is 0.196. The standard InChI is InChI=1S/C27H17ClN2/c28-27-29-25(20-11-5-2-6-12-20)17-18-26(30-27)24-16-15-21(19-9-3-1-4-10-19)22-13-7-8-14-23(22)24/h1-17H. The first-order valence-corrected chi connectivity index (χ1v) is 10.1. The Kier molecular flexibility index (Phi) is 4.86. The van der Waals surface area contributed by atoms with Crippen LogP contribution in [0.3, 0.4) is 0 Å². The number of nitrogens with zero attached hydrogens (tertiary/aromatic N) is 2. The molecule has 3 heteroatoms. The molecule has 0 saturated carbocycles. The van der Waals surface area contributed by atoms with Crippen molar-refractivity contribution in [2.75, 3.05) is 0 Å². The molecule has 1 aliphatic rings. The molecule has 142 valence electrons. The lowest BCUT2D eigenvalue weighted by Crippen LogP contribution is -1.97. The molecule has 0 N–H and O–H groups in total. The Morgan fingerprint density at radius 3 is 1.83 bits per heavy atom. The molecule has 0 atom stereocenters. The number of fused-ring (bicyclic) bond motifs is 1. The highest BCUT2D eigenvalue weighted by Gasteiger charge is 2.13. The molecule has 0 spiro atoms. The summed E-state index contributed by atoms with van der Waals surface area (Å²) < 4.78 is 0. The van der Waals surface area contributed by atoms with Gasteiger partial charge in [-0.15, -0.1) is 0 Å². The molecule has 2 nitrogen and oxygen atoms in total. The Hall–Kier alpha value is -3.71. The van der Waals surface area contributed by atoms with Crippen LogP contribution in [-0.4, -0.2) is 11.0 Å². The normalized spacial score (nSPS) is 13.4. The van der Waals surface area contributed by atoms with Crippen molar-refractivity contribution in [1.29, 1.82) is 0 Å². The minimum absolute atomic E-state index is 0.196. The van der Waals surface area contributed by atoms with Gasteiger partial charge in [-0.1, -0.05) is 103 Å². The van der Waals surface area contributed by atoms with Gasteiger partial charge in [0, 0.05) is 17.2 Å². The van der Waals surface area contributed by atoms with Crippen molar-refractivity contribution in [1.82, 2.24) is 0 Å². The van der Waals surface area contributed by atoms with Gasteiger partial charge in [-0.05, 0) is 33.5 Å². The van der Waals surface area contributed by atoms with Crippen LogP contribution in [-0.2, 0) is 0 Å². The van der Waals surface area contributed by atoms with E-state index in [0.29, 0.717) is 5.70 Å². The molecule has 0 saturated heterocycles. The molecule has 5 rings (SSSR count). The van der Waals surface area contributed by atoms with Gasteiger partial charge < -0.3 is 0 Å². The van der Waals surface area contributed by atoms with Gasteiger partial charge in [0.2, 0.25) is 5.29 Å². The van der Waals surface area contributed by atoms with Gasteiger partial charge in [0.15, 0.2) is 0 Å². The fraction of sp³-hybridized carbons (Fsp3) is 0. The Morgan fingerprint density at radius 1 is 0.567 bits per heavy atom. The summed E-state index contributed by atoms with van der Waals surface area (Å²) in [6, 6.07) is 32.9. The molecule has 0 aliphatic carbocycles. The molecule has 4 aromatic rings. The van der Waals surface area contributed by atoms with Gasteiger partial charge in [0.05, 0.1) is 5.71 Å². The highest BCUT2D eigenvalue weighted by Crippen LogP contribution is 2.34. The largest absolute Gasteiger partial charge is 0.224 e. The van der Waals surface area contributed by atoms with Crippen molar-refractivity contribution in [3.8, 4) is 11.1 Å². The molecular weight excluding hydrogens is 388 g/mol. The van der Waals surface area contributed by atoms with Gasteiger partial charge >= 0.3 is 0 Å². The Bertz CT molecular complexity index is 1360. The number of halogens is 1. The van der Waals surface area contributed by atoms with E-state index >= 15 is 0 Å². The maximum absolute atomic E-state index is 6.37. The van der Waals surface area contributed by atoms with E-state index in [9.17, 15) is 0 Å². The first-order chi connectivity index (χ1) is 14.8. The van der Waals surface area contributed by atoms with E-state index in [0.717, 1.165) is 27.6 Å². The van der Waals surface area contributed by atoms with Crippen molar-refractivity contribution in [3.63, 3.8) is 0 Å². The predicted molar refractivity (Wildman–Crippen MR) is 127 cm³/mol. The summed E-state index contributed by atoms with van der Waals surface area (Å²) in [6.07, 6.45) is 1.85. The van der Waals surface area contributed by atoms with Crippen LogP contribution < -0.4 is 0 Å². The fourth-order valence-electron chi connectivity index (χ4n) is 3.69. The third-order valence-electron chi connectivity index (χ3n) is 5.10. The summed E-state index contributed by atoms with van der Waals surface area (Å²) in [5.74, 6) is 0. The molecular formula is C27H17ClN2. The van der Waals surface area contributed by atoms with Crippen molar-refractivity contribution in [2.45, 2.75) is 0 Å². The predicted octanol–water partition coefficient (Wildman–Crippen LogP) is 7.10. The van der Waals surface area contributed by atoms with Gasteiger partial charge in [-0.2, -0.15) is 0 Å². The van der Waals surface area contributed by atoms with E-state index in [2.05, 4.69) is 70.3 Å². The Balaban J connectivity index is 1.68. The number of allylic oxidation sites excluding steroid dienone is 1. The maximum Gasteiger partial charge on any atom is 0.224 e. The topological polar surface area (TPSA) is 24.7 Å². The summed E-state index contributed by atoms with van der Waals surface area (Å²) in [5.41, 5.74) is 9.05. The molecule has 0 bridgehead atoms. The SMILES string of the molecule is ClC1=NC(c2ccc(-c3ccccc3)c3ccccc23)=C=CC(c2ccccc2)=N1. The molecule has 0 fully saturated rings. The van der Waals surface area contributed by atoms with Gasteiger partial charge in [-0.3, -0.25) is 0 Å². The zero-order valence-corrected chi connectivity index (χ0v) is 16.8. The van der Waals surface area contributed by atoms with Crippen molar-refractivity contribution in [3.05, 3.63) is 120 Å². The number of aliphatic imine (C=N–C) groups is 2. The average Bonchev–Trinajstić information content (AvgIpc) is 3.01. The summed E-state index contributed by atoms with van der Waals surface area (Å²) in [7, 11) is 0. The van der Waals surface area contributed by atoms with Crippen LogP contribution >= 0.6 is 11.6 Å². The van der Waals surface area contributed by atoms with Crippen LogP contribution in [0.15, 0.2) is 119 Å². The molecule has 0 amide bonds. The lowest BCUT2D eigenvalue weighted by molar-refractivity contribution is 1.52. The van der Waals surface area contributed by atoms with Gasteiger partial charge in [0.1, 0.15) is 5.70 Å². The second kappa shape index (κ2) is 7.96. The lowest BCUT2D eigenvalue weighted by Gasteiger charge is -2.11. The number of hydrogen-bond donors (Lipinski definition) is 0. The van der Waals surface area contributed by atoms with Crippen molar-refractivity contribution >= 4 is 39.1 Å². The highest BCUT2D eigenvalue weighted by atomic mass is 35.5. The Morgan fingerprint density at radius 2 is 1.13 bits per heavy atom. The summed E-state index contributed by atoms with van der Waals surface area (Å²) in [6.45, 7) is 0. The minimum Gasteiger partial charge on any atom is -0.217 e. The summed E-state index contributed by atoms with van der Waals surface area (Å²) in [4.78, 5) is 9.00. The van der Waals surface area contributed by atoms with Crippen LogP contribution in [0.1, 0.15) is 11.1 Å². The van der Waals surface area contributed by atoms with E-state index < -0.39 is 0 Å². The zero-order chi connectivity index (χ0) is 20.3. The third-order valence-corrected chi connectivity index (χ3v) is 5.26. The maximum atomic E-state index is 6.37. The van der Waals surface area contributed by atoms with Crippen LogP contribution in [0, 0.1) is 0 Å². The van der Waals surface area contributed by atoms with Crippen molar-refractivity contribution in [2.24, 2.45) is 9.98 Å². The van der Waals surface area contributed by atoms with Gasteiger partial charge in [-0.25, -0.2) is 9.98 Å². The molecule has 0 unspecified atom stereocenters. The molecule has 0 radical (unpaired) electrons. The number of benzene rings is 4. The Labute approximate surface area is 180 Å². The number of rotatable bonds is 3. The van der Waals surface area contributed by atoms with Crippen LogP contribution in [0.25, 0.3) is 27.6 Å². The van der Waals surface area contributed by atoms with Crippen LogP contribution in [0.4, 0.5) is 0 Å². The second-order valence-electron chi connectivity index (χ2n) is 6.95. The summed E-state index contributed by atoms with van der Waals surface area (Å²) in [5, 5.41) is 2.46. The second-order valence-corrected chi connectivity index (χ2v) is 7.29. The molecule has 1 heterocycles. The summed E-state index contributed by atoms with van der Waals surface area (Å²) >= 11 is 6.37. The first kappa shape index (κ1) is 18.3. The quantitative estimate of drug-likeness (QED) is 0.257. The van der Waals surface area contributed by atoms with Crippen molar-refractivity contribution < 1.29 is 0 Å². The molecule has 4 aromatic carbocycles. The van der Waals surface area contributed by atoms with E-state index in [-0.39, 0.29) is 5.29 Å². The molecule has 0 aromatic heterocycles. The number of amidine groups is 1. The van der Waals surface area contributed by atoms with E-state index in [4.69, 9.17) is 11.6 Å². The average molecular weight is 405 g/mol. The fourth-order valence-corrected chi connectivity index (χ4v) is 3.86. The van der Waals surface area contributed by atoms with E-state index in [1.807, 2.05) is 48.5 Å². The number of hydrogen-bond acceptors (Lipinski definition) is 2. The molecule has 30 heavy (non-hydrogen) atoms. The van der Waals surface area contributed by atoms with Crippen LogP contribution in [0.5, 0.6) is 0 Å². The zero-order valence-electron chi connectivity index (χ0n) is 16.1. The van der Waals surface area contributed by atoms with Crippen LogP contribution in [0.2, 0.25) is 0 Å². The van der Waals surface area contributed by atoms with E-state index in [1.165, 1.54) is 11.1 Å². The monoisotopic (exact) mass is 404 g/mol. The highest BCUT2D eigenvalue weighted by molar-refractivity contribution is 6.66. The van der Waals surface area contributed by atoms with E-state index in [1.54, 1.807) is 0 Å².